The number of rotatable bonds is 9. The maximum absolute atomic E-state index is 5.97. The van der Waals surface area contributed by atoms with Gasteiger partial charge in [0.05, 0.1) is 18.8 Å². The van der Waals surface area contributed by atoms with Crippen LogP contribution in [0, 0.1) is 11.8 Å². The van der Waals surface area contributed by atoms with E-state index in [2.05, 4.69) is 33.0 Å². The van der Waals surface area contributed by atoms with Crippen molar-refractivity contribution in [2.45, 2.75) is 65.6 Å². The van der Waals surface area contributed by atoms with Crippen molar-refractivity contribution in [1.29, 1.82) is 0 Å². The smallest absolute Gasteiger partial charge is 0.0594 e. The molecule has 3 heteroatoms. The lowest BCUT2D eigenvalue weighted by molar-refractivity contribution is 0.00248. The zero-order chi connectivity index (χ0) is 14.1. The molecule has 2 atom stereocenters. The highest BCUT2D eigenvalue weighted by Crippen LogP contribution is 2.30. The van der Waals surface area contributed by atoms with Gasteiger partial charge in [-0.1, -0.05) is 13.8 Å². The van der Waals surface area contributed by atoms with Crippen LogP contribution in [-0.4, -0.2) is 38.5 Å². The number of nitrogens with one attached hydrogen (secondary N) is 1. The molecule has 0 amide bonds. The van der Waals surface area contributed by atoms with Crippen LogP contribution in [0.25, 0.3) is 0 Å². The Bertz CT molecular complexity index is 211. The van der Waals surface area contributed by atoms with Gasteiger partial charge in [0, 0.05) is 13.2 Å². The Hall–Kier alpha value is -0.120. The summed E-state index contributed by atoms with van der Waals surface area (Å²) in [6, 6.07) is 0. The van der Waals surface area contributed by atoms with Gasteiger partial charge >= 0.3 is 0 Å². The molecule has 0 aromatic rings. The molecule has 19 heavy (non-hydrogen) atoms. The highest BCUT2D eigenvalue weighted by atomic mass is 16.5. The topological polar surface area (TPSA) is 30.5 Å². The Morgan fingerprint density at radius 3 is 2.32 bits per heavy atom. The summed E-state index contributed by atoms with van der Waals surface area (Å²) in [5.41, 5.74) is 0. The summed E-state index contributed by atoms with van der Waals surface area (Å²) in [4.78, 5) is 0. The van der Waals surface area contributed by atoms with Crippen molar-refractivity contribution in [1.82, 2.24) is 5.32 Å². The zero-order valence-corrected chi connectivity index (χ0v) is 13.3. The van der Waals surface area contributed by atoms with Crippen LogP contribution in [0.3, 0.4) is 0 Å². The molecule has 0 heterocycles. The Kier molecular flexibility index (Phi) is 8.67. The van der Waals surface area contributed by atoms with Crippen LogP contribution >= 0.6 is 0 Å². The molecule has 1 fully saturated rings. The highest BCUT2D eigenvalue weighted by molar-refractivity contribution is 4.75. The van der Waals surface area contributed by atoms with Crippen molar-refractivity contribution in [2.24, 2.45) is 11.8 Å². The molecule has 1 aliphatic carbocycles. The molecule has 1 aliphatic rings. The van der Waals surface area contributed by atoms with Gasteiger partial charge in [-0.25, -0.2) is 0 Å². The van der Waals surface area contributed by atoms with Crippen LogP contribution in [0.5, 0.6) is 0 Å². The quantitative estimate of drug-likeness (QED) is 0.653. The number of ether oxygens (including phenoxy) is 2. The van der Waals surface area contributed by atoms with E-state index in [4.69, 9.17) is 9.47 Å². The Labute approximate surface area is 119 Å². The van der Waals surface area contributed by atoms with Crippen LogP contribution < -0.4 is 5.32 Å². The van der Waals surface area contributed by atoms with Gasteiger partial charge in [-0.05, 0) is 57.9 Å². The molecule has 0 bridgehead atoms. The molecular weight excluding hydrogens is 238 g/mol. The third kappa shape index (κ3) is 8.61. The third-order valence-corrected chi connectivity index (χ3v) is 3.72. The van der Waals surface area contributed by atoms with Crippen molar-refractivity contribution < 1.29 is 9.47 Å². The largest absolute Gasteiger partial charge is 0.379 e. The maximum Gasteiger partial charge on any atom is 0.0594 e. The molecule has 0 radical (unpaired) electrons. The SMILES string of the molecule is CC1CC(C)CC(OCCNCCCOC(C)C)C1. The molecule has 0 spiro atoms. The molecule has 1 saturated carbocycles. The summed E-state index contributed by atoms with van der Waals surface area (Å²) < 4.78 is 11.5. The Morgan fingerprint density at radius 2 is 1.68 bits per heavy atom. The van der Waals surface area contributed by atoms with E-state index in [1.807, 2.05) is 0 Å². The van der Waals surface area contributed by atoms with Crippen molar-refractivity contribution in [2.75, 3.05) is 26.3 Å². The summed E-state index contributed by atoms with van der Waals surface area (Å²) in [5.74, 6) is 1.66. The monoisotopic (exact) mass is 271 g/mol. The molecule has 0 aromatic carbocycles. The van der Waals surface area contributed by atoms with Gasteiger partial charge in [-0.2, -0.15) is 0 Å². The summed E-state index contributed by atoms with van der Waals surface area (Å²) in [5, 5.41) is 3.42. The zero-order valence-electron chi connectivity index (χ0n) is 13.3. The van der Waals surface area contributed by atoms with E-state index in [1.165, 1.54) is 19.3 Å². The Balaban J connectivity index is 1.90. The molecule has 2 unspecified atom stereocenters. The molecule has 0 aliphatic heterocycles. The molecular formula is C16H33NO2. The minimum absolute atomic E-state index is 0.346. The second-order valence-corrected chi connectivity index (χ2v) is 6.43. The van der Waals surface area contributed by atoms with E-state index in [0.29, 0.717) is 12.2 Å². The summed E-state index contributed by atoms with van der Waals surface area (Å²) in [6.07, 6.45) is 5.77. The fourth-order valence-electron chi connectivity index (χ4n) is 2.95. The second kappa shape index (κ2) is 9.73. The first kappa shape index (κ1) is 16.9. The fourth-order valence-corrected chi connectivity index (χ4v) is 2.95. The predicted octanol–water partition coefficient (Wildman–Crippen LogP) is 3.23. The van der Waals surface area contributed by atoms with Crippen molar-refractivity contribution >= 4 is 0 Å². The van der Waals surface area contributed by atoms with Gasteiger partial charge in [-0.3, -0.25) is 0 Å². The van der Waals surface area contributed by atoms with E-state index in [-0.39, 0.29) is 0 Å². The average Bonchev–Trinajstić information content (AvgIpc) is 2.31. The molecule has 3 nitrogen and oxygen atoms in total. The summed E-state index contributed by atoms with van der Waals surface area (Å²) in [7, 11) is 0. The van der Waals surface area contributed by atoms with Crippen LogP contribution in [0.4, 0.5) is 0 Å². The molecule has 1 rings (SSSR count). The van der Waals surface area contributed by atoms with Crippen LogP contribution in [0.1, 0.15) is 53.4 Å². The summed E-state index contributed by atoms with van der Waals surface area (Å²) in [6.45, 7) is 12.5. The minimum atomic E-state index is 0.346. The number of hydrogen-bond donors (Lipinski definition) is 1. The van der Waals surface area contributed by atoms with Gasteiger partial charge < -0.3 is 14.8 Å². The highest BCUT2D eigenvalue weighted by Gasteiger charge is 2.23. The lowest BCUT2D eigenvalue weighted by Gasteiger charge is -2.31. The van der Waals surface area contributed by atoms with Gasteiger partial charge in [0.1, 0.15) is 0 Å². The van der Waals surface area contributed by atoms with Crippen molar-refractivity contribution in [3.05, 3.63) is 0 Å². The van der Waals surface area contributed by atoms with Gasteiger partial charge in [0.2, 0.25) is 0 Å². The lowest BCUT2D eigenvalue weighted by Crippen LogP contribution is -2.29. The van der Waals surface area contributed by atoms with Gasteiger partial charge in [0.15, 0.2) is 0 Å². The molecule has 1 N–H and O–H groups in total. The maximum atomic E-state index is 5.97. The predicted molar refractivity (Wildman–Crippen MR) is 80.5 cm³/mol. The van der Waals surface area contributed by atoms with Crippen LogP contribution in [0.2, 0.25) is 0 Å². The van der Waals surface area contributed by atoms with Crippen molar-refractivity contribution in [3.63, 3.8) is 0 Å². The van der Waals surface area contributed by atoms with E-state index in [1.54, 1.807) is 0 Å². The molecule has 114 valence electrons. The lowest BCUT2D eigenvalue weighted by atomic mass is 9.82. The van der Waals surface area contributed by atoms with Gasteiger partial charge in [-0.15, -0.1) is 0 Å². The van der Waals surface area contributed by atoms with Crippen LogP contribution in [0.15, 0.2) is 0 Å². The van der Waals surface area contributed by atoms with E-state index in [9.17, 15) is 0 Å². The molecule has 0 aromatic heterocycles. The van der Waals surface area contributed by atoms with Crippen molar-refractivity contribution in [3.8, 4) is 0 Å². The average molecular weight is 271 g/mol. The standard InChI is InChI=1S/C16H33NO2/c1-13(2)18-8-5-6-17-7-9-19-16-11-14(3)10-15(4)12-16/h13-17H,5-12H2,1-4H3. The number of hydrogen-bond acceptors (Lipinski definition) is 3. The second-order valence-electron chi connectivity index (χ2n) is 6.43. The van der Waals surface area contributed by atoms with E-state index < -0.39 is 0 Å². The van der Waals surface area contributed by atoms with Gasteiger partial charge in [0.25, 0.3) is 0 Å². The first-order valence-electron chi connectivity index (χ1n) is 8.01. The minimum Gasteiger partial charge on any atom is -0.379 e. The normalized spacial score (nSPS) is 27.9. The van der Waals surface area contributed by atoms with Crippen LogP contribution in [-0.2, 0) is 9.47 Å². The Morgan fingerprint density at radius 1 is 1.00 bits per heavy atom. The summed E-state index contributed by atoms with van der Waals surface area (Å²) >= 11 is 0. The first-order valence-corrected chi connectivity index (χ1v) is 8.01. The first-order chi connectivity index (χ1) is 9.08. The van der Waals surface area contributed by atoms with E-state index in [0.717, 1.165) is 44.6 Å². The van der Waals surface area contributed by atoms with E-state index >= 15 is 0 Å². The fraction of sp³-hybridized carbons (Fsp3) is 1.00. The third-order valence-electron chi connectivity index (χ3n) is 3.72. The molecule has 0 saturated heterocycles.